The van der Waals surface area contributed by atoms with Gasteiger partial charge in [-0.1, -0.05) is 97.1 Å². The number of carbonyl (C=O) groups is 1. The molecule has 4 heteroatoms. The zero-order chi connectivity index (χ0) is 26.0. The Labute approximate surface area is 222 Å². The second kappa shape index (κ2) is 12.2. The first-order valence-electron chi connectivity index (χ1n) is 12.3. The molecule has 0 aliphatic rings. The molecule has 0 unspecified atom stereocenters. The molecule has 0 heterocycles. The molecule has 0 fully saturated rings. The fourth-order valence-electron chi connectivity index (χ4n) is 3.79. The molecule has 0 N–H and O–H groups in total. The van der Waals surface area contributed by atoms with Crippen LogP contribution in [0.15, 0.2) is 133 Å². The van der Waals surface area contributed by atoms with Crippen LogP contribution in [0.3, 0.4) is 0 Å². The van der Waals surface area contributed by atoms with Crippen molar-refractivity contribution < 1.29 is 19.0 Å². The van der Waals surface area contributed by atoms with Gasteiger partial charge in [-0.25, -0.2) is 4.79 Å². The van der Waals surface area contributed by atoms with Gasteiger partial charge in [0.25, 0.3) is 0 Å². The third kappa shape index (κ3) is 6.77. The van der Waals surface area contributed by atoms with Crippen LogP contribution in [-0.4, -0.2) is 12.8 Å². The van der Waals surface area contributed by atoms with Gasteiger partial charge in [-0.15, -0.1) is 0 Å². The quantitative estimate of drug-likeness (QED) is 0.0890. The van der Waals surface area contributed by atoms with Gasteiger partial charge in [-0.05, 0) is 70.8 Å². The monoisotopic (exact) mass is 498 g/mol. The lowest BCUT2D eigenvalue weighted by Crippen LogP contribution is -2.08. The zero-order valence-electron chi connectivity index (χ0n) is 20.7. The summed E-state index contributed by atoms with van der Waals surface area (Å²) in [5.41, 5.74) is 4.70. The highest BCUT2D eigenvalue weighted by molar-refractivity contribution is 5.91. The van der Waals surface area contributed by atoms with Gasteiger partial charge < -0.3 is 14.2 Å². The molecule has 0 aliphatic carbocycles. The Balaban J connectivity index is 1.11. The van der Waals surface area contributed by atoms with E-state index in [1.165, 1.54) is 0 Å². The van der Waals surface area contributed by atoms with Crippen LogP contribution in [0.2, 0.25) is 0 Å². The molecule has 5 aromatic rings. The number of ether oxygens (including phenoxy) is 3. The van der Waals surface area contributed by atoms with Crippen LogP contribution in [0.25, 0.3) is 23.3 Å². The number of benzene rings is 5. The second-order valence-corrected chi connectivity index (χ2v) is 8.52. The highest BCUT2D eigenvalue weighted by Gasteiger charge is 2.09. The number of carbonyl (C=O) groups excluding carboxylic acids is 1. The van der Waals surface area contributed by atoms with E-state index in [2.05, 4.69) is 0 Å². The van der Waals surface area contributed by atoms with Crippen LogP contribution in [0.5, 0.6) is 17.2 Å². The molecule has 186 valence electrons. The van der Waals surface area contributed by atoms with Crippen molar-refractivity contribution in [1.82, 2.24) is 0 Å². The Hall–Kier alpha value is -5.09. The predicted octanol–water partition coefficient (Wildman–Crippen LogP) is 8.16. The Bertz CT molecular complexity index is 1470. The molecule has 0 bridgehead atoms. The average molecular weight is 499 g/mol. The van der Waals surface area contributed by atoms with Crippen molar-refractivity contribution >= 4 is 18.1 Å². The van der Waals surface area contributed by atoms with Gasteiger partial charge in [0.1, 0.15) is 17.2 Å². The Morgan fingerprint density at radius 1 is 0.500 bits per heavy atom. The molecule has 5 rings (SSSR count). The van der Waals surface area contributed by atoms with Crippen molar-refractivity contribution in [2.24, 2.45) is 0 Å². The minimum atomic E-state index is -0.385. The molecule has 5 aromatic carbocycles. The van der Waals surface area contributed by atoms with E-state index in [0.29, 0.717) is 11.3 Å². The number of hydrogen-bond donors (Lipinski definition) is 0. The first-order chi connectivity index (χ1) is 18.7. The fourth-order valence-corrected chi connectivity index (χ4v) is 3.79. The molecule has 0 atom stereocenters. The molecule has 0 saturated heterocycles. The van der Waals surface area contributed by atoms with Gasteiger partial charge in [0, 0.05) is 0 Å². The van der Waals surface area contributed by atoms with E-state index in [1.54, 1.807) is 24.3 Å². The maximum absolute atomic E-state index is 12.6. The van der Waals surface area contributed by atoms with Gasteiger partial charge in [0.2, 0.25) is 6.79 Å². The maximum atomic E-state index is 12.6. The summed E-state index contributed by atoms with van der Waals surface area (Å²) < 4.78 is 16.8. The summed E-state index contributed by atoms with van der Waals surface area (Å²) in [7, 11) is 0. The summed E-state index contributed by atoms with van der Waals surface area (Å²) in [5, 5.41) is 0. The third-order valence-corrected chi connectivity index (χ3v) is 5.86. The molecule has 0 aromatic heterocycles. The fraction of sp³-hybridized carbons (Fsp3) is 0.0294. The lowest BCUT2D eigenvalue weighted by atomic mass is 10.0. The summed E-state index contributed by atoms with van der Waals surface area (Å²) in [6, 6.07) is 42.2. The molecule has 0 aliphatic heterocycles. The van der Waals surface area contributed by atoms with Gasteiger partial charge in [0.05, 0.1) is 5.56 Å². The number of para-hydroxylation sites is 1. The van der Waals surface area contributed by atoms with Gasteiger partial charge in [-0.3, -0.25) is 0 Å². The standard InChI is InChI=1S/C34H26O4/c35-34(30-19-17-29(18-20-30)28-7-3-1-4-8-28)38-33-23-15-27(16-24-33)12-11-26-13-21-32(22-14-26)37-25-36-31-9-5-2-6-10-31/h1-24H,25H2/b12-11+. The van der Waals surface area contributed by atoms with Crippen LogP contribution in [0.4, 0.5) is 0 Å². The smallest absolute Gasteiger partial charge is 0.343 e. The molecular formula is C34H26O4. The van der Waals surface area contributed by atoms with Crippen molar-refractivity contribution in [1.29, 1.82) is 0 Å². The number of hydrogen-bond acceptors (Lipinski definition) is 4. The zero-order valence-corrected chi connectivity index (χ0v) is 20.7. The number of esters is 1. The summed E-state index contributed by atoms with van der Waals surface area (Å²) >= 11 is 0. The van der Waals surface area contributed by atoms with Crippen molar-refractivity contribution in [2.45, 2.75) is 0 Å². The first-order valence-corrected chi connectivity index (χ1v) is 12.3. The normalized spacial score (nSPS) is 10.7. The Kier molecular flexibility index (Phi) is 7.92. The Morgan fingerprint density at radius 3 is 1.55 bits per heavy atom. The predicted molar refractivity (Wildman–Crippen MR) is 151 cm³/mol. The van der Waals surface area contributed by atoms with E-state index in [0.717, 1.165) is 33.8 Å². The van der Waals surface area contributed by atoms with Crippen LogP contribution in [-0.2, 0) is 0 Å². The number of rotatable bonds is 9. The molecule has 4 nitrogen and oxygen atoms in total. The maximum Gasteiger partial charge on any atom is 0.343 e. The molecule has 0 amide bonds. The van der Waals surface area contributed by atoms with E-state index in [1.807, 2.05) is 121 Å². The molecule has 0 spiro atoms. The summed E-state index contributed by atoms with van der Waals surface area (Å²) in [6.07, 6.45) is 4.02. The van der Waals surface area contributed by atoms with Crippen LogP contribution < -0.4 is 14.2 Å². The van der Waals surface area contributed by atoms with Crippen molar-refractivity contribution in [3.8, 4) is 28.4 Å². The van der Waals surface area contributed by atoms with E-state index < -0.39 is 0 Å². The SMILES string of the molecule is O=C(Oc1ccc(/C=C/c2ccc(OCOc3ccccc3)cc2)cc1)c1ccc(-c2ccccc2)cc1. The second-order valence-electron chi connectivity index (χ2n) is 8.52. The largest absolute Gasteiger partial charge is 0.458 e. The first kappa shape index (κ1) is 24.6. The highest BCUT2D eigenvalue weighted by atomic mass is 16.7. The minimum Gasteiger partial charge on any atom is -0.458 e. The average Bonchev–Trinajstić information content (AvgIpc) is 2.98. The summed E-state index contributed by atoms with van der Waals surface area (Å²) in [5.74, 6) is 1.62. The van der Waals surface area contributed by atoms with Crippen molar-refractivity contribution in [2.75, 3.05) is 6.79 Å². The topological polar surface area (TPSA) is 44.8 Å². The van der Waals surface area contributed by atoms with Crippen LogP contribution >= 0.6 is 0 Å². The summed E-state index contributed by atoms with van der Waals surface area (Å²) in [4.78, 5) is 12.6. The van der Waals surface area contributed by atoms with Crippen LogP contribution in [0, 0.1) is 0 Å². The van der Waals surface area contributed by atoms with Gasteiger partial charge in [-0.2, -0.15) is 0 Å². The van der Waals surface area contributed by atoms with Crippen molar-refractivity contribution in [3.05, 3.63) is 150 Å². The summed E-state index contributed by atoms with van der Waals surface area (Å²) in [6.45, 7) is 0.148. The molecule has 0 saturated carbocycles. The third-order valence-electron chi connectivity index (χ3n) is 5.86. The minimum absolute atomic E-state index is 0.148. The van der Waals surface area contributed by atoms with E-state index in [4.69, 9.17) is 14.2 Å². The molecule has 38 heavy (non-hydrogen) atoms. The molecular weight excluding hydrogens is 472 g/mol. The lowest BCUT2D eigenvalue weighted by Gasteiger charge is -2.08. The van der Waals surface area contributed by atoms with E-state index in [9.17, 15) is 4.79 Å². The van der Waals surface area contributed by atoms with Gasteiger partial charge in [0.15, 0.2) is 0 Å². The van der Waals surface area contributed by atoms with E-state index in [-0.39, 0.29) is 12.8 Å². The molecule has 0 radical (unpaired) electrons. The van der Waals surface area contributed by atoms with E-state index >= 15 is 0 Å². The Morgan fingerprint density at radius 2 is 0.974 bits per heavy atom. The van der Waals surface area contributed by atoms with Gasteiger partial charge >= 0.3 is 5.97 Å². The van der Waals surface area contributed by atoms with Crippen molar-refractivity contribution in [3.63, 3.8) is 0 Å². The highest BCUT2D eigenvalue weighted by Crippen LogP contribution is 2.21. The van der Waals surface area contributed by atoms with Crippen LogP contribution in [0.1, 0.15) is 21.5 Å². The lowest BCUT2D eigenvalue weighted by molar-refractivity contribution is 0.0734.